The van der Waals surface area contributed by atoms with Crippen molar-refractivity contribution in [3.63, 3.8) is 0 Å². The Kier molecular flexibility index (Phi) is 23.8. The number of benzene rings is 3. The lowest BCUT2D eigenvalue weighted by Gasteiger charge is -2.32. The molecule has 0 aromatic heterocycles. The van der Waals surface area contributed by atoms with Crippen molar-refractivity contribution in [2.45, 2.75) is 151 Å². The van der Waals surface area contributed by atoms with Gasteiger partial charge in [-0.25, -0.2) is 28.8 Å². The van der Waals surface area contributed by atoms with Gasteiger partial charge in [-0.1, -0.05) is 58.4 Å². The number of halogens is 1. The van der Waals surface area contributed by atoms with E-state index >= 15 is 0 Å². The molecule has 0 aliphatic carbocycles. The second kappa shape index (κ2) is 28.8. The molecule has 17 nitrogen and oxygen atoms in total. The number of carboxylic acid groups (broad SMARTS) is 1. The Morgan fingerprint density at radius 2 is 0.850 bits per heavy atom. The quantitative estimate of drug-likeness (QED) is 0.127. The van der Waals surface area contributed by atoms with Crippen molar-refractivity contribution >= 4 is 70.4 Å². The zero-order valence-electron chi connectivity index (χ0n) is 49.5. The number of hydrogen-bond donors (Lipinski definition) is 1. The first-order chi connectivity index (χ1) is 37.2. The molecule has 1 saturated heterocycles. The van der Waals surface area contributed by atoms with Crippen molar-refractivity contribution in [2.24, 2.45) is 0 Å². The minimum atomic E-state index is -0.930. The van der Waals surface area contributed by atoms with Crippen LogP contribution in [0.15, 0.2) is 101 Å². The molecule has 0 spiro atoms. The van der Waals surface area contributed by atoms with Crippen molar-refractivity contribution in [1.29, 1.82) is 0 Å². The topological polar surface area (TPSA) is 197 Å². The van der Waals surface area contributed by atoms with Crippen molar-refractivity contribution in [1.82, 2.24) is 14.7 Å². The highest BCUT2D eigenvalue weighted by molar-refractivity contribution is 9.10. The van der Waals surface area contributed by atoms with E-state index in [2.05, 4.69) is 15.9 Å². The van der Waals surface area contributed by atoms with Crippen LogP contribution in [0.1, 0.15) is 165 Å². The summed E-state index contributed by atoms with van der Waals surface area (Å²) in [6, 6.07) is 21.3. The van der Waals surface area contributed by atoms with Gasteiger partial charge in [0.05, 0.1) is 41.1 Å². The van der Waals surface area contributed by atoms with E-state index in [9.17, 15) is 28.8 Å². The highest BCUT2D eigenvalue weighted by atomic mass is 79.9. The second-order valence-electron chi connectivity index (χ2n) is 23.3. The zero-order chi connectivity index (χ0) is 59.8. The van der Waals surface area contributed by atoms with Crippen molar-refractivity contribution in [2.75, 3.05) is 52.5 Å². The first-order valence-corrected chi connectivity index (χ1v) is 27.9. The van der Waals surface area contributed by atoms with Crippen LogP contribution < -0.4 is 0 Å². The third kappa shape index (κ3) is 21.2. The Bertz CT molecular complexity index is 2680. The molecule has 436 valence electrons. The molecule has 4 aliphatic rings. The smallest absolute Gasteiger partial charge is 0.478 e. The molecule has 7 rings (SSSR count). The monoisotopic (exact) mass is 1170 g/mol. The molecule has 3 aromatic carbocycles. The molecule has 80 heavy (non-hydrogen) atoms. The van der Waals surface area contributed by atoms with Crippen LogP contribution in [0.3, 0.4) is 0 Å². The zero-order valence-corrected chi connectivity index (χ0v) is 51.1. The number of carbonyl (C=O) groups excluding carboxylic acids is 5. The third-order valence-electron chi connectivity index (χ3n) is 12.8. The summed E-state index contributed by atoms with van der Waals surface area (Å²) in [5, 5.41) is 8.90. The molecule has 1 fully saturated rings. The normalized spacial score (nSPS) is 16.7. The van der Waals surface area contributed by atoms with Crippen LogP contribution in [-0.4, -0.2) is 144 Å². The average Bonchev–Trinajstić information content (AvgIpc) is 3.63. The first kappa shape index (κ1) is 66.1. The van der Waals surface area contributed by atoms with Gasteiger partial charge in [0.25, 0.3) is 0 Å². The number of carboxylic acids is 1. The maximum atomic E-state index is 12.1. The fourth-order valence-electron chi connectivity index (χ4n) is 7.90. The van der Waals surface area contributed by atoms with E-state index in [1.165, 1.54) is 5.57 Å². The summed E-state index contributed by atoms with van der Waals surface area (Å²) in [5.41, 5.74) is 4.76. The van der Waals surface area contributed by atoms with Crippen LogP contribution in [0.25, 0.3) is 11.1 Å². The molecule has 0 unspecified atom stereocenters. The van der Waals surface area contributed by atoms with Crippen LogP contribution in [0.4, 0.5) is 14.4 Å². The van der Waals surface area contributed by atoms with Gasteiger partial charge in [0.2, 0.25) is 0 Å². The van der Waals surface area contributed by atoms with Gasteiger partial charge in [-0.2, -0.15) is 0 Å². The molecule has 3 aromatic rings. The van der Waals surface area contributed by atoms with E-state index in [-0.39, 0.29) is 54.1 Å². The summed E-state index contributed by atoms with van der Waals surface area (Å²) >= 11 is 3.28. The van der Waals surface area contributed by atoms with E-state index < -0.39 is 22.8 Å². The average molecular weight is 1170 g/mol. The Balaban J connectivity index is 0.000000235. The van der Waals surface area contributed by atoms with Gasteiger partial charge in [-0.15, -0.1) is 0 Å². The fourth-order valence-corrected chi connectivity index (χ4v) is 8.16. The Labute approximate surface area is 482 Å². The van der Waals surface area contributed by atoms with Gasteiger partial charge in [0.15, 0.2) is 0 Å². The molecule has 0 bridgehead atoms. The first-order valence-electron chi connectivity index (χ1n) is 27.1. The second-order valence-corrected chi connectivity index (χ2v) is 24.2. The molecular weight excluding hydrogens is 1090 g/mol. The molecular formula is C61H83BBrN3O14. The van der Waals surface area contributed by atoms with Crippen LogP contribution >= 0.6 is 15.9 Å². The molecule has 4 aliphatic heterocycles. The number of ether oxygens (including phenoxy) is 5. The molecule has 3 amide bonds. The predicted octanol–water partition coefficient (Wildman–Crippen LogP) is 13.1. The Morgan fingerprint density at radius 3 is 1.14 bits per heavy atom. The molecule has 0 saturated carbocycles. The van der Waals surface area contributed by atoms with Crippen molar-refractivity contribution in [3.8, 4) is 0 Å². The van der Waals surface area contributed by atoms with Gasteiger partial charge in [-0.3, -0.25) is 0 Å². The summed E-state index contributed by atoms with van der Waals surface area (Å²) in [6.07, 6.45) is 7.43. The van der Waals surface area contributed by atoms with Gasteiger partial charge in [0.1, 0.15) is 16.8 Å². The predicted molar refractivity (Wildman–Crippen MR) is 313 cm³/mol. The summed E-state index contributed by atoms with van der Waals surface area (Å²) in [5.74, 6) is -1.51. The molecule has 19 heteroatoms. The van der Waals surface area contributed by atoms with Crippen molar-refractivity contribution in [3.05, 3.63) is 129 Å². The Morgan fingerprint density at radius 1 is 0.525 bits per heavy atom. The number of nitrogens with zero attached hydrogens (tertiary/aromatic N) is 3. The number of hydrogen-bond acceptors (Lipinski definition) is 13. The minimum Gasteiger partial charge on any atom is -0.478 e. The summed E-state index contributed by atoms with van der Waals surface area (Å²) < 4.78 is 39.0. The highest BCUT2D eigenvalue weighted by Crippen LogP contribution is 2.39. The van der Waals surface area contributed by atoms with Crippen LogP contribution in [0.2, 0.25) is 0 Å². The molecule has 0 atom stereocenters. The lowest BCUT2D eigenvalue weighted by atomic mass is 9.75. The van der Waals surface area contributed by atoms with E-state index in [1.54, 1.807) is 77.1 Å². The SMILES string of the molecule is CC(C)(C)OC(=O)N1CC=C(B2OC(C)(C)C(C)(C)O2)CC1.CC(C)(C)OC(=O)N1CC=C(c2ccc(C(=O)O)cc2)CC1.CCOC(=O)c1ccc(Br)cc1.CCOC(=O)c1ccc(C2=CCN(C(=O)OC(C)(C)C)CC2)cc1. The summed E-state index contributed by atoms with van der Waals surface area (Å²) in [4.78, 5) is 74.8. The van der Waals surface area contributed by atoms with E-state index in [4.69, 9.17) is 38.1 Å². The molecule has 0 radical (unpaired) electrons. The summed E-state index contributed by atoms with van der Waals surface area (Å²) in [7, 11) is -0.314. The van der Waals surface area contributed by atoms with Gasteiger partial charge < -0.3 is 52.8 Å². The van der Waals surface area contributed by atoms with Crippen LogP contribution in [0.5, 0.6) is 0 Å². The molecule has 1 N–H and O–H groups in total. The van der Waals surface area contributed by atoms with E-state index in [0.717, 1.165) is 45.9 Å². The van der Waals surface area contributed by atoms with E-state index in [1.807, 2.05) is 133 Å². The van der Waals surface area contributed by atoms with Crippen LogP contribution in [-0.2, 0) is 33.0 Å². The Hall–Kier alpha value is -6.44. The maximum absolute atomic E-state index is 12.1. The minimum absolute atomic E-state index is 0.267. The van der Waals surface area contributed by atoms with E-state index in [0.29, 0.717) is 63.6 Å². The number of amides is 3. The number of carbonyl (C=O) groups is 6. The molecule has 4 heterocycles. The largest absolute Gasteiger partial charge is 0.490 e. The van der Waals surface area contributed by atoms with Gasteiger partial charge >= 0.3 is 43.3 Å². The van der Waals surface area contributed by atoms with Gasteiger partial charge in [-0.05, 0) is 199 Å². The van der Waals surface area contributed by atoms with Gasteiger partial charge in [0, 0.05) is 43.7 Å². The highest BCUT2D eigenvalue weighted by Gasteiger charge is 2.52. The standard InChI is InChI=1S/C19H25NO4.C17H21NO4.C16H28BNO4.C9H9BrO2/c1-5-23-17(21)16-8-6-14(7-9-16)15-10-12-20(13-11-15)18(22)24-19(2,3)4;1-17(2,3)22-16(21)18-10-8-13(9-11-18)12-4-6-14(7-5-12)15(19)20;1-14(2,3)20-13(19)18-10-8-12(9-11-18)17-21-15(4,5)16(6,7)22-17;1-2-12-9(11)7-3-5-8(10)6-4-7/h6-10H,5,11-13H2,1-4H3;4-8H,9-11H2,1-3H3,(H,19,20);8H,9-11H2,1-7H3;3-6H,2H2,1H3. The fraction of sp³-hybridized carbons (Fsp3) is 0.508. The number of rotatable bonds is 8. The number of aromatic carboxylic acids is 1. The number of esters is 2. The summed E-state index contributed by atoms with van der Waals surface area (Å²) in [6.45, 7) is 32.7. The maximum Gasteiger partial charge on any atom is 0.490 e. The third-order valence-corrected chi connectivity index (χ3v) is 13.3. The van der Waals surface area contributed by atoms with Crippen molar-refractivity contribution < 1.29 is 66.9 Å². The lowest BCUT2D eigenvalue weighted by Crippen LogP contribution is -2.41. The van der Waals surface area contributed by atoms with Crippen LogP contribution in [0, 0.1) is 0 Å². The lowest BCUT2D eigenvalue weighted by molar-refractivity contribution is 0.00578.